The van der Waals surface area contributed by atoms with Gasteiger partial charge in [0.15, 0.2) is 0 Å². The Bertz CT molecular complexity index is 517. The van der Waals surface area contributed by atoms with Crippen LogP contribution in [0, 0.1) is 11.3 Å². The lowest BCUT2D eigenvalue weighted by molar-refractivity contribution is -0.144. The molecule has 0 aromatic heterocycles. The van der Waals surface area contributed by atoms with Crippen molar-refractivity contribution in [3.05, 3.63) is 29.8 Å². The molecule has 5 nitrogen and oxygen atoms in total. The zero-order chi connectivity index (χ0) is 14.6. The van der Waals surface area contributed by atoms with Crippen LogP contribution in [0.1, 0.15) is 19.4 Å². The predicted octanol–water partition coefficient (Wildman–Crippen LogP) is 1.61. The molecule has 0 unspecified atom stereocenters. The van der Waals surface area contributed by atoms with Gasteiger partial charge < -0.3 is 15.0 Å². The number of rotatable bonds is 3. The van der Waals surface area contributed by atoms with E-state index >= 15 is 0 Å². The molecule has 1 aromatic carbocycles. The van der Waals surface area contributed by atoms with Crippen LogP contribution in [-0.2, 0) is 9.53 Å². The lowest BCUT2D eigenvalue weighted by Gasteiger charge is -2.38. The van der Waals surface area contributed by atoms with E-state index in [1.807, 2.05) is 18.7 Å². The number of benzene rings is 1. The quantitative estimate of drug-likeness (QED) is 0.908. The van der Waals surface area contributed by atoms with Crippen molar-refractivity contribution in [1.82, 2.24) is 4.90 Å². The molecule has 20 heavy (non-hydrogen) atoms. The second kappa shape index (κ2) is 5.93. The van der Waals surface area contributed by atoms with E-state index in [0.29, 0.717) is 25.3 Å². The number of hydrogen-bond donors (Lipinski definition) is 1. The van der Waals surface area contributed by atoms with Crippen LogP contribution in [-0.4, -0.2) is 42.6 Å². The Hall–Kier alpha value is -2.06. The van der Waals surface area contributed by atoms with Gasteiger partial charge in [0.05, 0.1) is 30.4 Å². The fourth-order valence-electron chi connectivity index (χ4n) is 2.18. The molecule has 0 radical (unpaired) electrons. The second-order valence-electron chi connectivity index (χ2n) is 5.47. The number of carbonyl (C=O) groups is 1. The van der Waals surface area contributed by atoms with Crippen LogP contribution >= 0.6 is 0 Å². The standard InChI is InChI=1S/C15H19N3O2/c1-15(2)11-18(7-8-20-15)14(19)10-17-13-5-3-12(9-16)4-6-13/h3-6,17H,7-8,10-11H2,1-2H3. The highest BCUT2D eigenvalue weighted by atomic mass is 16.5. The first-order chi connectivity index (χ1) is 9.50. The lowest BCUT2D eigenvalue weighted by Crippen LogP contribution is -2.51. The molecule has 0 saturated carbocycles. The number of nitrogens with one attached hydrogen (secondary N) is 1. The van der Waals surface area contributed by atoms with E-state index in [2.05, 4.69) is 11.4 Å². The third-order valence-electron chi connectivity index (χ3n) is 3.24. The lowest BCUT2D eigenvalue weighted by atomic mass is 10.1. The van der Waals surface area contributed by atoms with E-state index in [9.17, 15) is 4.79 Å². The Morgan fingerprint density at radius 1 is 1.45 bits per heavy atom. The van der Waals surface area contributed by atoms with E-state index in [4.69, 9.17) is 10.00 Å². The van der Waals surface area contributed by atoms with Crippen LogP contribution in [0.5, 0.6) is 0 Å². The Balaban J connectivity index is 1.87. The van der Waals surface area contributed by atoms with Crippen LogP contribution < -0.4 is 5.32 Å². The van der Waals surface area contributed by atoms with Crippen molar-refractivity contribution < 1.29 is 9.53 Å². The minimum atomic E-state index is -0.275. The third-order valence-corrected chi connectivity index (χ3v) is 3.24. The first-order valence-electron chi connectivity index (χ1n) is 6.66. The van der Waals surface area contributed by atoms with Crippen LogP contribution in [0.4, 0.5) is 5.69 Å². The highest BCUT2D eigenvalue weighted by molar-refractivity contribution is 5.81. The van der Waals surface area contributed by atoms with E-state index < -0.39 is 0 Å². The monoisotopic (exact) mass is 273 g/mol. The number of carbonyl (C=O) groups excluding carboxylic acids is 1. The van der Waals surface area contributed by atoms with Gasteiger partial charge in [-0.15, -0.1) is 0 Å². The average molecular weight is 273 g/mol. The second-order valence-corrected chi connectivity index (χ2v) is 5.47. The number of anilines is 1. The molecule has 1 aliphatic rings. The van der Waals surface area contributed by atoms with Crippen molar-refractivity contribution in [1.29, 1.82) is 5.26 Å². The normalized spacial score (nSPS) is 17.4. The fourth-order valence-corrected chi connectivity index (χ4v) is 2.18. The molecule has 0 spiro atoms. The molecular weight excluding hydrogens is 254 g/mol. The molecule has 1 fully saturated rings. The summed E-state index contributed by atoms with van der Waals surface area (Å²) in [7, 11) is 0. The van der Waals surface area contributed by atoms with Gasteiger partial charge in [-0.3, -0.25) is 4.79 Å². The zero-order valence-electron chi connectivity index (χ0n) is 11.8. The molecule has 1 N–H and O–H groups in total. The molecule has 0 atom stereocenters. The van der Waals surface area contributed by atoms with Crippen molar-refractivity contribution in [3.63, 3.8) is 0 Å². The highest BCUT2D eigenvalue weighted by Crippen LogP contribution is 2.16. The smallest absolute Gasteiger partial charge is 0.242 e. The number of morpholine rings is 1. The Morgan fingerprint density at radius 2 is 2.15 bits per heavy atom. The summed E-state index contributed by atoms with van der Waals surface area (Å²) in [5.74, 6) is 0.0609. The van der Waals surface area contributed by atoms with Crippen LogP contribution in [0.15, 0.2) is 24.3 Å². The zero-order valence-corrected chi connectivity index (χ0v) is 11.8. The third kappa shape index (κ3) is 3.72. The molecule has 1 saturated heterocycles. The predicted molar refractivity (Wildman–Crippen MR) is 76.3 cm³/mol. The van der Waals surface area contributed by atoms with Gasteiger partial charge in [0, 0.05) is 18.8 Å². The largest absolute Gasteiger partial charge is 0.376 e. The summed E-state index contributed by atoms with van der Waals surface area (Å²) in [6, 6.07) is 9.12. The first-order valence-corrected chi connectivity index (χ1v) is 6.66. The van der Waals surface area contributed by atoms with Gasteiger partial charge in [0.2, 0.25) is 5.91 Å². The van der Waals surface area contributed by atoms with Gasteiger partial charge in [-0.2, -0.15) is 5.26 Å². The van der Waals surface area contributed by atoms with Gasteiger partial charge in [0.1, 0.15) is 0 Å². The maximum atomic E-state index is 12.1. The van der Waals surface area contributed by atoms with Crippen LogP contribution in [0.2, 0.25) is 0 Å². The van der Waals surface area contributed by atoms with E-state index in [0.717, 1.165) is 5.69 Å². The van der Waals surface area contributed by atoms with Crippen molar-refractivity contribution in [2.75, 3.05) is 31.6 Å². The highest BCUT2D eigenvalue weighted by Gasteiger charge is 2.29. The molecule has 106 valence electrons. The number of nitrogens with zero attached hydrogens (tertiary/aromatic N) is 2. The van der Waals surface area contributed by atoms with Crippen LogP contribution in [0.25, 0.3) is 0 Å². The maximum absolute atomic E-state index is 12.1. The molecule has 0 bridgehead atoms. The summed E-state index contributed by atoms with van der Waals surface area (Å²) in [6.45, 7) is 6.05. The number of amides is 1. The van der Waals surface area contributed by atoms with E-state index in [-0.39, 0.29) is 18.1 Å². The number of hydrogen-bond acceptors (Lipinski definition) is 4. The molecule has 1 heterocycles. The molecule has 1 amide bonds. The van der Waals surface area contributed by atoms with Gasteiger partial charge in [0.25, 0.3) is 0 Å². The minimum absolute atomic E-state index is 0.0609. The summed E-state index contributed by atoms with van der Waals surface area (Å²) in [5.41, 5.74) is 1.17. The van der Waals surface area contributed by atoms with Crippen molar-refractivity contribution in [2.45, 2.75) is 19.4 Å². The molecule has 1 aromatic rings. The van der Waals surface area contributed by atoms with Crippen molar-refractivity contribution in [3.8, 4) is 6.07 Å². The van der Waals surface area contributed by atoms with Crippen molar-refractivity contribution in [2.24, 2.45) is 0 Å². The molecule has 0 aliphatic carbocycles. The van der Waals surface area contributed by atoms with Gasteiger partial charge in [-0.25, -0.2) is 0 Å². The fraction of sp³-hybridized carbons (Fsp3) is 0.467. The minimum Gasteiger partial charge on any atom is -0.376 e. The molecular formula is C15H19N3O2. The number of nitriles is 1. The SMILES string of the molecule is CC1(C)CN(C(=O)CNc2ccc(C#N)cc2)CCO1. The van der Waals surface area contributed by atoms with Gasteiger partial charge in [-0.1, -0.05) is 0 Å². The maximum Gasteiger partial charge on any atom is 0.242 e. The Labute approximate surface area is 119 Å². The van der Waals surface area contributed by atoms with E-state index in [1.54, 1.807) is 24.3 Å². The molecule has 2 rings (SSSR count). The Morgan fingerprint density at radius 3 is 2.75 bits per heavy atom. The summed E-state index contributed by atoms with van der Waals surface area (Å²) in [6.07, 6.45) is 0. The topological polar surface area (TPSA) is 65.4 Å². The van der Waals surface area contributed by atoms with Gasteiger partial charge >= 0.3 is 0 Å². The first kappa shape index (κ1) is 14.4. The summed E-state index contributed by atoms with van der Waals surface area (Å²) >= 11 is 0. The molecule has 1 aliphatic heterocycles. The van der Waals surface area contributed by atoms with Gasteiger partial charge in [-0.05, 0) is 38.1 Å². The Kier molecular flexibility index (Phi) is 4.26. The summed E-state index contributed by atoms with van der Waals surface area (Å²) in [4.78, 5) is 14.0. The number of ether oxygens (including phenoxy) is 1. The van der Waals surface area contributed by atoms with Crippen LogP contribution in [0.3, 0.4) is 0 Å². The van der Waals surface area contributed by atoms with E-state index in [1.165, 1.54) is 0 Å². The summed E-state index contributed by atoms with van der Waals surface area (Å²) in [5, 5.41) is 11.8. The van der Waals surface area contributed by atoms with Crippen molar-refractivity contribution >= 4 is 11.6 Å². The molecule has 5 heteroatoms. The average Bonchev–Trinajstić information content (AvgIpc) is 2.44. The summed E-state index contributed by atoms with van der Waals surface area (Å²) < 4.78 is 5.59.